The van der Waals surface area contributed by atoms with E-state index >= 15 is 0 Å². The van der Waals surface area contributed by atoms with Gasteiger partial charge in [0.25, 0.3) is 0 Å². The van der Waals surface area contributed by atoms with E-state index in [4.69, 9.17) is 21.1 Å². The van der Waals surface area contributed by atoms with E-state index in [9.17, 15) is 4.79 Å². The first-order chi connectivity index (χ1) is 9.65. The fraction of sp³-hybridized carbons (Fsp3) is 0.188. The molecule has 0 aliphatic heterocycles. The predicted molar refractivity (Wildman–Crippen MR) is 78.9 cm³/mol. The van der Waals surface area contributed by atoms with Crippen LogP contribution in [0.1, 0.15) is 21.5 Å². The van der Waals surface area contributed by atoms with Gasteiger partial charge in [0.15, 0.2) is 17.8 Å². The Hall–Kier alpha value is -2.00. The summed E-state index contributed by atoms with van der Waals surface area (Å²) in [6, 6.07) is 11.1. The zero-order valence-corrected chi connectivity index (χ0v) is 12.1. The smallest absolute Gasteiger partial charge is 0.172 e. The van der Waals surface area contributed by atoms with E-state index in [1.165, 1.54) is 7.11 Å². The van der Waals surface area contributed by atoms with Crippen LogP contribution in [-0.2, 0) is 6.61 Å². The van der Waals surface area contributed by atoms with Crippen LogP contribution in [0.3, 0.4) is 0 Å². The third-order valence-electron chi connectivity index (χ3n) is 3.03. The SMILES string of the molecule is COc1cc(Cl)cc(C=O)c1OCc1ccccc1C. The Morgan fingerprint density at radius 1 is 1.25 bits per heavy atom. The van der Waals surface area contributed by atoms with Crippen molar-refractivity contribution in [3.05, 3.63) is 58.1 Å². The van der Waals surface area contributed by atoms with Gasteiger partial charge in [-0.2, -0.15) is 0 Å². The zero-order valence-electron chi connectivity index (χ0n) is 11.4. The van der Waals surface area contributed by atoms with Gasteiger partial charge in [-0.25, -0.2) is 0 Å². The van der Waals surface area contributed by atoms with Crippen LogP contribution in [0.2, 0.25) is 5.02 Å². The van der Waals surface area contributed by atoms with Crippen molar-refractivity contribution in [2.24, 2.45) is 0 Å². The summed E-state index contributed by atoms with van der Waals surface area (Å²) in [4.78, 5) is 11.1. The third kappa shape index (κ3) is 3.11. The highest BCUT2D eigenvalue weighted by atomic mass is 35.5. The quantitative estimate of drug-likeness (QED) is 0.779. The molecule has 0 atom stereocenters. The van der Waals surface area contributed by atoms with Crippen molar-refractivity contribution in [1.29, 1.82) is 0 Å². The molecule has 0 N–H and O–H groups in total. The molecule has 2 rings (SSSR count). The summed E-state index contributed by atoms with van der Waals surface area (Å²) in [5.41, 5.74) is 2.57. The highest BCUT2D eigenvalue weighted by Crippen LogP contribution is 2.34. The number of aryl methyl sites for hydroxylation is 1. The summed E-state index contributed by atoms with van der Waals surface area (Å²) in [6.45, 7) is 2.38. The molecule has 0 heterocycles. The molecule has 2 aromatic rings. The molecule has 0 fully saturated rings. The van der Waals surface area contributed by atoms with Gasteiger partial charge in [-0.05, 0) is 24.1 Å². The second-order valence-electron chi connectivity index (χ2n) is 4.36. The first-order valence-corrected chi connectivity index (χ1v) is 6.53. The lowest BCUT2D eigenvalue weighted by Crippen LogP contribution is -2.02. The van der Waals surface area contributed by atoms with Crippen molar-refractivity contribution >= 4 is 17.9 Å². The normalized spacial score (nSPS) is 10.2. The van der Waals surface area contributed by atoms with Crippen LogP contribution in [0.5, 0.6) is 11.5 Å². The summed E-state index contributed by atoms with van der Waals surface area (Å²) < 4.78 is 11.0. The number of hydrogen-bond acceptors (Lipinski definition) is 3. The van der Waals surface area contributed by atoms with Crippen LogP contribution in [0, 0.1) is 6.92 Å². The maximum atomic E-state index is 11.1. The summed E-state index contributed by atoms with van der Waals surface area (Å²) in [7, 11) is 1.51. The fourth-order valence-electron chi connectivity index (χ4n) is 1.90. The van der Waals surface area contributed by atoms with E-state index in [2.05, 4.69) is 0 Å². The van der Waals surface area contributed by atoms with Crippen LogP contribution in [0.4, 0.5) is 0 Å². The number of methoxy groups -OCH3 is 1. The average Bonchev–Trinajstić information content (AvgIpc) is 2.46. The third-order valence-corrected chi connectivity index (χ3v) is 3.25. The summed E-state index contributed by atoms with van der Waals surface area (Å²) in [5.74, 6) is 0.864. The van der Waals surface area contributed by atoms with Crippen LogP contribution in [0.15, 0.2) is 36.4 Å². The molecule has 0 aliphatic rings. The number of hydrogen-bond donors (Lipinski definition) is 0. The van der Waals surface area contributed by atoms with Crippen LogP contribution >= 0.6 is 11.6 Å². The van der Waals surface area contributed by atoms with Crippen molar-refractivity contribution in [2.75, 3.05) is 7.11 Å². The molecule has 0 bridgehead atoms. The number of rotatable bonds is 5. The van der Waals surface area contributed by atoms with Crippen LogP contribution < -0.4 is 9.47 Å². The monoisotopic (exact) mass is 290 g/mol. The number of ether oxygens (including phenoxy) is 2. The Labute approximate surface area is 123 Å². The Balaban J connectivity index is 2.29. The van der Waals surface area contributed by atoms with Gasteiger partial charge < -0.3 is 9.47 Å². The van der Waals surface area contributed by atoms with Gasteiger partial charge >= 0.3 is 0 Å². The predicted octanol–water partition coefficient (Wildman–Crippen LogP) is 4.05. The van der Waals surface area contributed by atoms with Crippen molar-refractivity contribution < 1.29 is 14.3 Å². The standard InChI is InChI=1S/C16H15ClO3/c1-11-5-3-4-6-12(11)10-20-16-13(9-18)7-14(17)8-15(16)19-2/h3-9H,10H2,1-2H3. The van der Waals surface area contributed by atoms with Crippen molar-refractivity contribution in [2.45, 2.75) is 13.5 Å². The topological polar surface area (TPSA) is 35.5 Å². The lowest BCUT2D eigenvalue weighted by atomic mass is 10.1. The Bertz CT molecular complexity index is 623. The first-order valence-electron chi connectivity index (χ1n) is 6.15. The Morgan fingerprint density at radius 2 is 2.00 bits per heavy atom. The number of aldehydes is 1. The van der Waals surface area contributed by atoms with E-state index in [1.54, 1.807) is 12.1 Å². The first kappa shape index (κ1) is 14.4. The summed E-state index contributed by atoms with van der Waals surface area (Å²) in [6.07, 6.45) is 0.710. The molecule has 0 aliphatic carbocycles. The van der Waals surface area contributed by atoms with Crippen LogP contribution in [0.25, 0.3) is 0 Å². The van der Waals surface area contributed by atoms with Crippen molar-refractivity contribution in [3.8, 4) is 11.5 Å². The molecule has 104 valence electrons. The molecule has 0 radical (unpaired) electrons. The number of benzene rings is 2. The number of carbonyl (C=O) groups excluding carboxylic acids is 1. The van der Waals surface area contributed by atoms with E-state index in [0.717, 1.165) is 11.1 Å². The van der Waals surface area contributed by atoms with Crippen molar-refractivity contribution in [3.63, 3.8) is 0 Å². The highest BCUT2D eigenvalue weighted by Gasteiger charge is 2.13. The molecule has 0 unspecified atom stereocenters. The Morgan fingerprint density at radius 3 is 2.65 bits per heavy atom. The molecule has 2 aromatic carbocycles. The molecule has 0 saturated carbocycles. The van der Waals surface area contributed by atoms with Gasteiger partial charge in [-0.15, -0.1) is 0 Å². The minimum Gasteiger partial charge on any atom is -0.493 e. The number of halogens is 1. The lowest BCUT2D eigenvalue weighted by molar-refractivity contribution is 0.111. The van der Waals surface area contributed by atoms with Crippen LogP contribution in [-0.4, -0.2) is 13.4 Å². The molecule has 4 heteroatoms. The molecule has 0 saturated heterocycles. The van der Waals surface area contributed by atoms with E-state index in [0.29, 0.717) is 35.0 Å². The molecule has 3 nitrogen and oxygen atoms in total. The lowest BCUT2D eigenvalue weighted by Gasteiger charge is -2.14. The molecular weight excluding hydrogens is 276 g/mol. The largest absolute Gasteiger partial charge is 0.493 e. The molecule has 0 amide bonds. The molecule has 20 heavy (non-hydrogen) atoms. The van der Waals surface area contributed by atoms with E-state index in [1.807, 2.05) is 31.2 Å². The molecule has 0 aromatic heterocycles. The van der Waals surface area contributed by atoms with E-state index in [-0.39, 0.29) is 0 Å². The van der Waals surface area contributed by atoms with Crippen molar-refractivity contribution in [1.82, 2.24) is 0 Å². The molecular formula is C16H15ClO3. The van der Waals surface area contributed by atoms with Gasteiger partial charge in [0.2, 0.25) is 0 Å². The second-order valence-corrected chi connectivity index (χ2v) is 4.80. The van der Waals surface area contributed by atoms with Gasteiger partial charge in [0.05, 0.1) is 12.7 Å². The van der Waals surface area contributed by atoms with E-state index < -0.39 is 0 Å². The summed E-state index contributed by atoms with van der Waals surface area (Å²) in [5, 5.41) is 0.437. The second kappa shape index (κ2) is 6.44. The van der Waals surface area contributed by atoms with Gasteiger partial charge in [-0.3, -0.25) is 4.79 Å². The fourth-order valence-corrected chi connectivity index (χ4v) is 2.12. The minimum atomic E-state index is 0.367. The van der Waals surface area contributed by atoms with Gasteiger partial charge in [0.1, 0.15) is 6.61 Å². The van der Waals surface area contributed by atoms with Gasteiger partial charge in [0, 0.05) is 11.1 Å². The highest BCUT2D eigenvalue weighted by molar-refractivity contribution is 6.31. The van der Waals surface area contributed by atoms with Gasteiger partial charge in [-0.1, -0.05) is 35.9 Å². The maximum Gasteiger partial charge on any atom is 0.172 e. The minimum absolute atomic E-state index is 0.367. The average molecular weight is 291 g/mol. The maximum absolute atomic E-state index is 11.1. The Kier molecular flexibility index (Phi) is 4.64. The number of carbonyl (C=O) groups is 1. The summed E-state index contributed by atoms with van der Waals surface area (Å²) >= 11 is 5.93. The molecule has 0 spiro atoms. The zero-order chi connectivity index (χ0) is 14.5.